The van der Waals surface area contributed by atoms with Crippen LogP contribution in [0, 0.1) is 12.8 Å². The van der Waals surface area contributed by atoms with Gasteiger partial charge in [0.25, 0.3) is 0 Å². The fourth-order valence-electron chi connectivity index (χ4n) is 8.59. The van der Waals surface area contributed by atoms with E-state index in [1.807, 2.05) is 24.3 Å². The quantitative estimate of drug-likeness (QED) is 0.0587. The Labute approximate surface area is 362 Å². The van der Waals surface area contributed by atoms with Crippen LogP contribution in [0.25, 0.3) is 32.4 Å². The number of likely N-dealkylation sites (tertiary alicyclic amines) is 1. The van der Waals surface area contributed by atoms with E-state index in [1.54, 1.807) is 32.1 Å². The standard InChI is InChI=1S/C47H61N7O6S/c1-6-7-16-39-52-41-42(43-38(50-44(41)48)27-30(2)61-43)54(39)28-31-19-22-53(23-20-31)24-26-58-25-21-49-45(56)37(17-18-40(55)60-47(3,4)5)51-46(57)59-29-36-34-14-10-8-12-32(34)33-13-9-11-15-35(33)36/h8-15,27,31,36-37H,6-7,16-26,28-29H2,1-5H3,(H2,48,50)(H,49,56)(H,51,57)/t37-/m0/s1. The topological polar surface area (TPSA) is 163 Å². The average Bonchev–Trinajstić information content (AvgIpc) is 3.89. The molecule has 1 atom stereocenters. The van der Waals surface area contributed by atoms with Crippen molar-refractivity contribution in [3.8, 4) is 11.1 Å². The lowest BCUT2D eigenvalue weighted by Gasteiger charge is -2.32. The number of esters is 1. The maximum absolute atomic E-state index is 13.4. The predicted octanol–water partition coefficient (Wildman–Crippen LogP) is 7.75. The van der Waals surface area contributed by atoms with Crippen LogP contribution in [0.15, 0.2) is 54.6 Å². The van der Waals surface area contributed by atoms with Crippen molar-refractivity contribution in [2.24, 2.45) is 5.92 Å². The number of fused-ring (bicyclic) bond motifs is 6. The number of nitrogen functional groups attached to an aromatic ring is 1. The molecule has 0 saturated carbocycles. The molecule has 4 N–H and O–H groups in total. The molecule has 1 aliphatic heterocycles. The second kappa shape index (κ2) is 19.8. The van der Waals surface area contributed by atoms with Gasteiger partial charge in [0.1, 0.15) is 29.6 Å². The number of ether oxygens (including phenoxy) is 3. The molecule has 2 aliphatic rings. The lowest BCUT2D eigenvalue weighted by atomic mass is 9.96. The minimum atomic E-state index is -0.998. The molecule has 326 valence electrons. The summed E-state index contributed by atoms with van der Waals surface area (Å²) in [5.41, 5.74) is 13.1. The summed E-state index contributed by atoms with van der Waals surface area (Å²) in [6.45, 7) is 14.6. The number of carbonyl (C=O) groups is 3. The zero-order valence-corrected chi connectivity index (χ0v) is 37.1. The second-order valence-corrected chi connectivity index (χ2v) is 18.6. The van der Waals surface area contributed by atoms with E-state index in [-0.39, 0.29) is 31.9 Å². The Bertz CT molecular complexity index is 2280. The Morgan fingerprint density at radius 1 is 1.00 bits per heavy atom. The number of nitrogens with zero attached hydrogens (tertiary/aromatic N) is 4. The Hall–Kier alpha value is -5.05. The Morgan fingerprint density at radius 2 is 1.70 bits per heavy atom. The zero-order chi connectivity index (χ0) is 43.1. The normalized spacial score (nSPS) is 15.2. The summed E-state index contributed by atoms with van der Waals surface area (Å²) < 4.78 is 20.7. The molecule has 1 fully saturated rings. The summed E-state index contributed by atoms with van der Waals surface area (Å²) in [5, 5.41) is 5.59. The number of carbonyl (C=O) groups excluding carboxylic acids is 3. The van der Waals surface area contributed by atoms with Crippen LogP contribution >= 0.6 is 11.3 Å². The van der Waals surface area contributed by atoms with Gasteiger partial charge >= 0.3 is 12.1 Å². The molecule has 2 amide bonds. The molecular weight excluding hydrogens is 791 g/mol. The van der Waals surface area contributed by atoms with Gasteiger partial charge in [0, 0.05) is 43.3 Å². The van der Waals surface area contributed by atoms with Crippen LogP contribution in [0.5, 0.6) is 0 Å². The van der Waals surface area contributed by atoms with Gasteiger partial charge in [-0.25, -0.2) is 14.8 Å². The maximum Gasteiger partial charge on any atom is 0.407 e. The van der Waals surface area contributed by atoms with Crippen LogP contribution in [-0.4, -0.2) is 95.0 Å². The van der Waals surface area contributed by atoms with E-state index in [4.69, 9.17) is 24.9 Å². The number of aromatic nitrogens is 3. The van der Waals surface area contributed by atoms with Crippen LogP contribution in [0.2, 0.25) is 0 Å². The van der Waals surface area contributed by atoms with Gasteiger partial charge in [-0.3, -0.25) is 9.59 Å². The number of pyridine rings is 1. The Kier molecular flexibility index (Phi) is 14.3. The summed E-state index contributed by atoms with van der Waals surface area (Å²) in [5.74, 6) is 1.16. The number of anilines is 1. The number of aryl methyl sites for hydroxylation is 2. The highest BCUT2D eigenvalue weighted by molar-refractivity contribution is 7.19. The highest BCUT2D eigenvalue weighted by Gasteiger charge is 2.31. The number of unbranched alkanes of at least 4 members (excludes halogenated alkanes) is 1. The van der Waals surface area contributed by atoms with Gasteiger partial charge in [-0.1, -0.05) is 61.9 Å². The molecule has 4 heterocycles. The first-order chi connectivity index (χ1) is 29.4. The van der Waals surface area contributed by atoms with Crippen LogP contribution in [0.3, 0.4) is 0 Å². The molecule has 0 bridgehead atoms. The summed E-state index contributed by atoms with van der Waals surface area (Å²) in [4.78, 5) is 52.5. The summed E-state index contributed by atoms with van der Waals surface area (Å²) in [7, 11) is 0. The number of piperidine rings is 1. The first kappa shape index (κ1) is 44.0. The molecule has 2 aromatic carbocycles. The largest absolute Gasteiger partial charge is 0.460 e. The molecule has 14 heteroatoms. The van der Waals surface area contributed by atoms with Crippen LogP contribution < -0.4 is 16.4 Å². The molecule has 7 rings (SSSR count). The van der Waals surface area contributed by atoms with Crippen molar-refractivity contribution in [3.05, 3.63) is 76.4 Å². The smallest absolute Gasteiger partial charge is 0.407 e. The summed E-state index contributed by atoms with van der Waals surface area (Å²) in [6.07, 6.45) is 4.56. The predicted molar refractivity (Wildman–Crippen MR) is 241 cm³/mol. The van der Waals surface area contributed by atoms with Crippen molar-refractivity contribution in [1.29, 1.82) is 0 Å². The molecule has 0 unspecified atom stereocenters. The van der Waals surface area contributed by atoms with Crippen molar-refractivity contribution in [2.45, 2.75) is 104 Å². The van der Waals surface area contributed by atoms with Gasteiger partial charge in [0.15, 0.2) is 5.82 Å². The maximum atomic E-state index is 13.4. The monoisotopic (exact) mass is 851 g/mol. The molecular formula is C47H61N7O6S. The number of benzene rings is 2. The fraction of sp³-hybridized carbons (Fsp3) is 0.511. The SMILES string of the molecule is CCCCc1nc2c(N)nc3cc(C)sc3c2n1CC1CCN(CCOCCNC(=O)[C@H](CCC(=O)OC(C)(C)C)NC(=O)OCC2c3ccccc3-c3ccccc32)CC1. The van der Waals surface area contributed by atoms with Crippen LogP contribution in [0.4, 0.5) is 10.6 Å². The second-order valence-electron chi connectivity index (χ2n) is 17.3. The number of alkyl carbamates (subject to hydrolysis) is 1. The number of thiophene rings is 1. The zero-order valence-electron chi connectivity index (χ0n) is 36.3. The third kappa shape index (κ3) is 10.9. The molecule has 61 heavy (non-hydrogen) atoms. The van der Waals surface area contributed by atoms with Crippen LogP contribution in [0.1, 0.15) is 94.0 Å². The van der Waals surface area contributed by atoms with Gasteiger partial charge in [-0.05, 0) is 101 Å². The highest BCUT2D eigenvalue weighted by Crippen LogP contribution is 2.44. The molecule has 3 aromatic heterocycles. The van der Waals surface area contributed by atoms with Crippen molar-refractivity contribution >= 4 is 56.4 Å². The molecule has 1 saturated heterocycles. The van der Waals surface area contributed by atoms with E-state index < -0.39 is 29.6 Å². The highest BCUT2D eigenvalue weighted by atomic mass is 32.1. The summed E-state index contributed by atoms with van der Waals surface area (Å²) in [6, 6.07) is 17.3. The third-order valence-corrected chi connectivity index (χ3v) is 12.6. The number of rotatable bonds is 18. The van der Waals surface area contributed by atoms with E-state index in [2.05, 4.69) is 69.3 Å². The first-order valence-electron chi connectivity index (χ1n) is 21.8. The number of amides is 2. The Morgan fingerprint density at radius 3 is 2.39 bits per heavy atom. The number of hydrogen-bond donors (Lipinski definition) is 3. The Balaban J connectivity index is 0.863. The number of hydrogen-bond acceptors (Lipinski definition) is 11. The number of nitrogens with one attached hydrogen (secondary N) is 2. The lowest BCUT2D eigenvalue weighted by Crippen LogP contribution is -2.48. The van der Waals surface area contributed by atoms with Gasteiger partial charge < -0.3 is 40.0 Å². The van der Waals surface area contributed by atoms with Gasteiger partial charge in [-0.15, -0.1) is 11.3 Å². The number of imidazole rings is 1. The number of nitrogens with two attached hydrogens (primary N) is 1. The molecule has 0 radical (unpaired) electrons. The van der Waals surface area contributed by atoms with Crippen molar-refractivity contribution in [2.75, 3.05) is 51.7 Å². The minimum absolute atomic E-state index is 0.0462. The molecule has 0 spiro atoms. The van der Waals surface area contributed by atoms with Crippen LogP contribution in [-0.2, 0) is 36.8 Å². The van der Waals surface area contributed by atoms with Gasteiger partial charge in [-0.2, -0.15) is 0 Å². The van der Waals surface area contributed by atoms with Gasteiger partial charge in [0.2, 0.25) is 5.91 Å². The van der Waals surface area contributed by atoms with E-state index in [9.17, 15) is 14.4 Å². The van der Waals surface area contributed by atoms with Crippen molar-refractivity contribution < 1.29 is 28.6 Å². The summed E-state index contributed by atoms with van der Waals surface area (Å²) >= 11 is 1.77. The average molecular weight is 852 g/mol. The van der Waals surface area contributed by atoms with Gasteiger partial charge in [0.05, 0.1) is 28.9 Å². The van der Waals surface area contributed by atoms with E-state index in [0.29, 0.717) is 24.9 Å². The lowest BCUT2D eigenvalue weighted by molar-refractivity contribution is -0.155. The molecule has 5 aromatic rings. The van der Waals surface area contributed by atoms with E-state index in [1.165, 1.54) is 9.58 Å². The van der Waals surface area contributed by atoms with Crippen molar-refractivity contribution in [1.82, 2.24) is 30.1 Å². The molecule has 1 aliphatic carbocycles. The first-order valence-corrected chi connectivity index (χ1v) is 22.7. The minimum Gasteiger partial charge on any atom is -0.460 e. The van der Waals surface area contributed by atoms with E-state index in [0.717, 1.165) is 103 Å². The third-order valence-electron chi connectivity index (χ3n) is 11.6. The molecule has 13 nitrogen and oxygen atoms in total. The fourth-order valence-corrected chi connectivity index (χ4v) is 9.59. The van der Waals surface area contributed by atoms with Crippen molar-refractivity contribution in [3.63, 3.8) is 0 Å². The van der Waals surface area contributed by atoms with E-state index >= 15 is 0 Å².